The van der Waals surface area contributed by atoms with Crippen LogP contribution in [0.15, 0.2) is 36.4 Å². The van der Waals surface area contributed by atoms with E-state index in [4.69, 9.17) is 21.1 Å². The van der Waals surface area contributed by atoms with Crippen LogP contribution in [0.3, 0.4) is 0 Å². The van der Waals surface area contributed by atoms with Crippen molar-refractivity contribution in [1.29, 1.82) is 5.26 Å². The van der Waals surface area contributed by atoms with E-state index in [1.807, 2.05) is 12.1 Å². The fourth-order valence-corrected chi connectivity index (χ4v) is 4.34. The summed E-state index contributed by atoms with van der Waals surface area (Å²) in [7, 11) is 1.59. The van der Waals surface area contributed by atoms with Crippen molar-refractivity contribution >= 4 is 23.4 Å². The molecule has 0 aromatic heterocycles. The monoisotopic (exact) mass is 481 g/mol. The molecule has 1 unspecified atom stereocenters. The van der Waals surface area contributed by atoms with Crippen molar-refractivity contribution < 1.29 is 19.1 Å². The molecule has 2 aromatic rings. The molecule has 1 fully saturated rings. The molecule has 0 radical (unpaired) electrons. The first-order chi connectivity index (χ1) is 16.4. The number of hydrogen-bond acceptors (Lipinski definition) is 5. The van der Waals surface area contributed by atoms with Crippen LogP contribution in [0.1, 0.15) is 53.6 Å². The van der Waals surface area contributed by atoms with Gasteiger partial charge in [0.2, 0.25) is 5.91 Å². The molecule has 5 rings (SSSR count). The largest absolute Gasteiger partial charge is 0.497 e. The molecule has 34 heavy (non-hydrogen) atoms. The third-order valence-corrected chi connectivity index (χ3v) is 6.58. The molecule has 1 saturated carbocycles. The third kappa shape index (κ3) is 5.63. The molecule has 2 amide bonds. The SMILES string of the molecule is COc1ccc2c(c1)CCCCCOc1ccc(cc1Cl)CC(C(=O)NC1(C#N)CC1)NC2=O. The molecule has 2 N–H and O–H groups in total. The van der Waals surface area contributed by atoms with Crippen LogP contribution in [0.5, 0.6) is 11.5 Å². The summed E-state index contributed by atoms with van der Waals surface area (Å²) in [5.41, 5.74) is 1.32. The lowest BCUT2D eigenvalue weighted by Gasteiger charge is -2.22. The van der Waals surface area contributed by atoms with Gasteiger partial charge in [-0.1, -0.05) is 17.7 Å². The van der Waals surface area contributed by atoms with E-state index in [1.54, 1.807) is 31.4 Å². The maximum Gasteiger partial charge on any atom is 0.252 e. The summed E-state index contributed by atoms with van der Waals surface area (Å²) in [4.78, 5) is 26.5. The Morgan fingerprint density at radius 1 is 1.24 bits per heavy atom. The van der Waals surface area contributed by atoms with E-state index in [2.05, 4.69) is 16.7 Å². The number of amides is 2. The number of fused-ring (bicyclic) bond motifs is 10. The van der Waals surface area contributed by atoms with Crippen LogP contribution in [0.2, 0.25) is 5.02 Å². The highest BCUT2D eigenvalue weighted by Crippen LogP contribution is 2.34. The van der Waals surface area contributed by atoms with E-state index in [-0.39, 0.29) is 18.2 Å². The van der Waals surface area contributed by atoms with Gasteiger partial charge in [0.05, 0.1) is 24.8 Å². The van der Waals surface area contributed by atoms with Crippen LogP contribution in [-0.4, -0.2) is 37.1 Å². The number of nitriles is 1. The minimum atomic E-state index is -0.871. The van der Waals surface area contributed by atoms with Gasteiger partial charge in [0.25, 0.3) is 5.91 Å². The van der Waals surface area contributed by atoms with Gasteiger partial charge in [-0.3, -0.25) is 9.59 Å². The summed E-state index contributed by atoms with van der Waals surface area (Å²) in [5, 5.41) is 15.6. The van der Waals surface area contributed by atoms with Crippen molar-refractivity contribution in [1.82, 2.24) is 10.6 Å². The third-order valence-electron chi connectivity index (χ3n) is 6.29. The normalized spacial score (nSPS) is 19.7. The average molecular weight is 482 g/mol. The van der Waals surface area contributed by atoms with Gasteiger partial charge in [-0.05, 0) is 80.0 Å². The highest BCUT2D eigenvalue weighted by molar-refractivity contribution is 6.32. The van der Waals surface area contributed by atoms with Crippen LogP contribution in [-0.2, 0) is 17.6 Å². The number of methoxy groups -OCH3 is 1. The quantitative estimate of drug-likeness (QED) is 0.691. The Balaban J connectivity index is 1.66. The van der Waals surface area contributed by atoms with Crippen LogP contribution >= 0.6 is 11.6 Å². The van der Waals surface area contributed by atoms with Crippen LogP contribution in [0.4, 0.5) is 0 Å². The van der Waals surface area contributed by atoms with Crippen LogP contribution in [0.25, 0.3) is 0 Å². The van der Waals surface area contributed by atoms with Gasteiger partial charge in [0, 0.05) is 12.0 Å². The predicted octanol–water partition coefficient (Wildman–Crippen LogP) is 3.97. The minimum absolute atomic E-state index is 0.227. The summed E-state index contributed by atoms with van der Waals surface area (Å²) in [6.45, 7) is 0.547. The summed E-state index contributed by atoms with van der Waals surface area (Å²) in [6, 6.07) is 12.0. The number of benzene rings is 2. The highest BCUT2D eigenvalue weighted by Gasteiger charge is 2.45. The Hall–Kier alpha value is -3.24. The van der Waals surface area contributed by atoms with Gasteiger partial charge in [0.15, 0.2) is 0 Å². The Labute approximate surface area is 204 Å². The van der Waals surface area contributed by atoms with Gasteiger partial charge in [-0.2, -0.15) is 5.26 Å². The Morgan fingerprint density at radius 3 is 2.76 bits per heavy atom. The number of halogens is 1. The second-order valence-electron chi connectivity index (χ2n) is 8.86. The number of ether oxygens (including phenoxy) is 2. The maximum atomic E-state index is 13.3. The standard InChI is InChI=1S/C26H28ClN3O4/c1-33-19-7-8-20-18(15-19)5-3-2-4-12-34-23-9-6-17(13-21(23)27)14-22(29-24(20)31)25(32)30-26(16-28)10-11-26/h6-9,13,15,22H,2-5,10-12,14H2,1H3,(H,29,31)(H,30,32). The molecule has 7 nitrogen and oxygen atoms in total. The van der Waals surface area contributed by atoms with Crippen molar-refractivity contribution in [2.75, 3.05) is 13.7 Å². The fourth-order valence-electron chi connectivity index (χ4n) is 4.08. The Morgan fingerprint density at radius 2 is 2.06 bits per heavy atom. The molecule has 0 saturated heterocycles. The summed E-state index contributed by atoms with van der Waals surface area (Å²) >= 11 is 6.42. The van der Waals surface area contributed by atoms with Gasteiger partial charge in [-0.15, -0.1) is 0 Å². The summed E-state index contributed by atoms with van der Waals surface area (Å²) in [5.74, 6) is 0.550. The fraction of sp³-hybridized carbons (Fsp3) is 0.423. The first-order valence-corrected chi connectivity index (χ1v) is 11.9. The zero-order valence-electron chi connectivity index (χ0n) is 19.2. The van der Waals surface area contributed by atoms with Gasteiger partial charge in [-0.25, -0.2) is 0 Å². The molecule has 1 atom stereocenters. The number of nitrogens with one attached hydrogen (secondary N) is 2. The van der Waals surface area contributed by atoms with E-state index >= 15 is 0 Å². The molecule has 2 heterocycles. The van der Waals surface area contributed by atoms with Crippen molar-refractivity contribution in [2.24, 2.45) is 0 Å². The van der Waals surface area contributed by atoms with E-state index < -0.39 is 11.6 Å². The van der Waals surface area contributed by atoms with Gasteiger partial charge in [0.1, 0.15) is 23.1 Å². The predicted molar refractivity (Wildman–Crippen MR) is 128 cm³/mol. The smallest absolute Gasteiger partial charge is 0.252 e. The molecule has 2 aromatic carbocycles. The Bertz CT molecular complexity index is 1120. The first-order valence-electron chi connectivity index (χ1n) is 11.6. The second-order valence-corrected chi connectivity index (χ2v) is 9.27. The van der Waals surface area contributed by atoms with Gasteiger partial charge >= 0.3 is 0 Å². The zero-order chi connectivity index (χ0) is 24.1. The van der Waals surface area contributed by atoms with E-state index in [9.17, 15) is 14.9 Å². The second kappa shape index (κ2) is 10.4. The molecule has 0 spiro atoms. The average Bonchev–Trinajstić information content (AvgIpc) is 3.60. The molecule has 3 aliphatic rings. The lowest BCUT2D eigenvalue weighted by atomic mass is 9.99. The highest BCUT2D eigenvalue weighted by atomic mass is 35.5. The van der Waals surface area contributed by atoms with E-state index in [1.165, 1.54) is 0 Å². The van der Waals surface area contributed by atoms with Gasteiger partial charge < -0.3 is 20.1 Å². The van der Waals surface area contributed by atoms with Crippen LogP contribution in [0, 0.1) is 11.3 Å². The van der Waals surface area contributed by atoms with Crippen molar-refractivity contribution in [3.8, 4) is 17.6 Å². The lowest BCUT2D eigenvalue weighted by Crippen LogP contribution is -2.51. The molecule has 1 aliphatic carbocycles. The molecular weight excluding hydrogens is 454 g/mol. The van der Waals surface area contributed by atoms with Crippen molar-refractivity contribution in [3.05, 3.63) is 58.1 Å². The Kier molecular flexibility index (Phi) is 7.28. The topological polar surface area (TPSA) is 100 Å². The molecule has 8 heteroatoms. The number of hydrogen-bond donors (Lipinski definition) is 2. The minimum Gasteiger partial charge on any atom is -0.497 e. The first kappa shape index (κ1) is 23.9. The molecular formula is C26H28ClN3O4. The maximum absolute atomic E-state index is 13.3. The number of aryl methyl sites for hydroxylation is 1. The van der Waals surface area contributed by atoms with Crippen LogP contribution < -0.4 is 20.1 Å². The lowest BCUT2D eigenvalue weighted by molar-refractivity contribution is -0.123. The number of rotatable bonds is 3. The van der Waals surface area contributed by atoms with Crippen molar-refractivity contribution in [2.45, 2.75) is 56.5 Å². The number of carbonyl (C=O) groups is 2. The van der Waals surface area contributed by atoms with Crippen molar-refractivity contribution in [3.63, 3.8) is 0 Å². The summed E-state index contributed by atoms with van der Waals surface area (Å²) < 4.78 is 11.2. The zero-order valence-corrected chi connectivity index (χ0v) is 19.9. The number of carbonyl (C=O) groups excluding carboxylic acids is 2. The molecule has 178 valence electrons. The number of nitrogens with zero attached hydrogens (tertiary/aromatic N) is 1. The summed E-state index contributed by atoms with van der Waals surface area (Å²) in [6.07, 6.45) is 4.81. The molecule has 2 aliphatic heterocycles. The van der Waals surface area contributed by atoms with E-state index in [0.29, 0.717) is 48.0 Å². The molecule has 2 bridgehead atoms. The van der Waals surface area contributed by atoms with E-state index in [0.717, 1.165) is 30.4 Å².